The first kappa shape index (κ1) is 15.8. The van der Waals surface area contributed by atoms with Crippen molar-refractivity contribution in [3.8, 4) is 0 Å². The van der Waals surface area contributed by atoms with Crippen LogP contribution in [0.25, 0.3) is 0 Å². The molecule has 0 spiro atoms. The van der Waals surface area contributed by atoms with Crippen LogP contribution in [-0.4, -0.2) is 54.4 Å². The van der Waals surface area contributed by atoms with Crippen LogP contribution in [0.3, 0.4) is 0 Å². The van der Waals surface area contributed by atoms with Gasteiger partial charge in [-0.05, 0) is 0 Å². The van der Waals surface area contributed by atoms with Gasteiger partial charge in [0.1, 0.15) is 0 Å². The summed E-state index contributed by atoms with van der Waals surface area (Å²) in [5, 5.41) is 0. The molecule has 0 amide bonds. The molecule has 0 saturated carbocycles. The first-order valence-corrected chi connectivity index (χ1v) is 2.68. The van der Waals surface area contributed by atoms with Gasteiger partial charge in [-0.3, -0.25) is 0 Å². The molecule has 0 saturated heterocycles. The van der Waals surface area contributed by atoms with Crippen molar-refractivity contribution in [2.24, 2.45) is 0 Å². The quantitative estimate of drug-likeness (QED) is 0.329. The third-order valence-corrected chi connectivity index (χ3v) is 0. The van der Waals surface area contributed by atoms with Gasteiger partial charge in [0.15, 0.2) is 0 Å². The van der Waals surface area contributed by atoms with Gasteiger partial charge in [-0.15, -0.1) is 0 Å². The SMILES string of the molecule is O[Si](O)(O)O.[BiH3].[Cu]. The zero-order chi connectivity index (χ0) is 4.50. The van der Waals surface area contributed by atoms with Crippen LogP contribution < -0.4 is 0 Å². The Morgan fingerprint density at radius 1 is 0.857 bits per heavy atom. The Bertz CT molecular complexity index is 27.2. The fourth-order valence-electron chi connectivity index (χ4n) is 0. The maximum absolute atomic E-state index is 7.33. The third-order valence-electron chi connectivity index (χ3n) is 0. The molecule has 0 fully saturated rings. The molecule has 1 radical (unpaired) electrons. The summed E-state index contributed by atoms with van der Waals surface area (Å²) in [7, 11) is -4.61. The van der Waals surface area contributed by atoms with E-state index in [2.05, 4.69) is 0 Å². The summed E-state index contributed by atoms with van der Waals surface area (Å²) in [6.45, 7) is 0. The second kappa shape index (κ2) is 5.59. The second-order valence-electron chi connectivity index (χ2n) is 0.600. The van der Waals surface area contributed by atoms with Gasteiger partial charge < -0.3 is 19.2 Å². The van der Waals surface area contributed by atoms with E-state index in [9.17, 15) is 0 Å². The summed E-state index contributed by atoms with van der Waals surface area (Å²) >= 11 is 0. The summed E-state index contributed by atoms with van der Waals surface area (Å²) < 4.78 is 0. The van der Waals surface area contributed by atoms with Gasteiger partial charge >= 0.3 is 35.3 Å². The van der Waals surface area contributed by atoms with E-state index in [-0.39, 0.29) is 43.3 Å². The molecule has 0 aromatic carbocycles. The molecule has 51 valence electrons. The van der Waals surface area contributed by atoms with E-state index in [1.165, 1.54) is 0 Å². The minimum atomic E-state index is -4.61. The summed E-state index contributed by atoms with van der Waals surface area (Å²) in [6, 6.07) is 0. The predicted molar refractivity (Wildman–Crippen MR) is 24.6 cm³/mol. The Morgan fingerprint density at radius 3 is 0.857 bits per heavy atom. The van der Waals surface area contributed by atoms with Gasteiger partial charge in [0.2, 0.25) is 0 Å². The second-order valence-corrected chi connectivity index (χ2v) is 1.80. The molecule has 7 heteroatoms. The van der Waals surface area contributed by atoms with Crippen LogP contribution in [0.4, 0.5) is 0 Å². The van der Waals surface area contributed by atoms with Crippen LogP contribution in [0.15, 0.2) is 0 Å². The maximum Gasteiger partial charge on any atom is 0 e. The van der Waals surface area contributed by atoms with Crippen LogP contribution >= 0.6 is 0 Å². The molecule has 0 aromatic rings. The molecule has 0 unspecified atom stereocenters. The molecular formula is H7BiCuO4Si. The molecule has 0 bridgehead atoms. The average molecular weight is 372 g/mol. The number of hydrogen-bond donors (Lipinski definition) is 4. The van der Waals surface area contributed by atoms with Gasteiger partial charge in [-0.1, -0.05) is 0 Å². The zero-order valence-corrected chi connectivity index (χ0v) is 10.7. The Hall–Kier alpha value is 1.46. The molecule has 0 heterocycles. The fraction of sp³-hybridized carbons (Fsp3) is 0. The van der Waals surface area contributed by atoms with E-state index in [0.717, 1.165) is 0 Å². The number of rotatable bonds is 0. The van der Waals surface area contributed by atoms with Gasteiger partial charge in [0, 0.05) is 17.1 Å². The minimum Gasteiger partial charge on any atom is 0 e. The topological polar surface area (TPSA) is 80.9 Å². The summed E-state index contributed by atoms with van der Waals surface area (Å²) in [5.74, 6) is 0. The zero-order valence-electron chi connectivity index (χ0n) is 3.30. The van der Waals surface area contributed by atoms with E-state index in [4.69, 9.17) is 19.2 Å². The Balaban J connectivity index is -0.0000000800. The standard InChI is InChI=1S/Bi.Cu.H4O4Si.3H/c;;1-5(2,3)4;;;/h;;1-4H;;;. The fourth-order valence-corrected chi connectivity index (χ4v) is 0. The van der Waals surface area contributed by atoms with Gasteiger partial charge in [0.05, 0.1) is 0 Å². The first-order valence-electron chi connectivity index (χ1n) is 0.894. The summed E-state index contributed by atoms with van der Waals surface area (Å²) in [6.07, 6.45) is 0. The van der Waals surface area contributed by atoms with Crippen LogP contribution in [0.2, 0.25) is 0 Å². The smallest absolute Gasteiger partial charge is 0 e. The Kier molecular flexibility index (Phi) is 12.6. The van der Waals surface area contributed by atoms with Crippen LogP contribution in [0, 0.1) is 0 Å². The van der Waals surface area contributed by atoms with Crippen LogP contribution in [-0.2, 0) is 17.1 Å². The molecule has 0 aliphatic rings. The van der Waals surface area contributed by atoms with E-state index in [0.29, 0.717) is 0 Å². The molecule has 0 atom stereocenters. The molecule has 0 aliphatic heterocycles. The van der Waals surface area contributed by atoms with Crippen LogP contribution in [0.5, 0.6) is 0 Å². The Labute approximate surface area is 71.3 Å². The average Bonchev–Trinajstić information content (AvgIpc) is 0.722. The maximum atomic E-state index is 7.33. The normalized spacial score (nSPS) is 8.57. The molecule has 0 aromatic heterocycles. The molecule has 7 heavy (non-hydrogen) atoms. The number of hydrogen-bond acceptors (Lipinski definition) is 4. The molecular weight excluding hydrogens is 365 g/mol. The van der Waals surface area contributed by atoms with Crippen molar-refractivity contribution >= 4 is 35.3 Å². The first-order chi connectivity index (χ1) is 2.00. The molecule has 4 N–H and O–H groups in total. The van der Waals surface area contributed by atoms with E-state index < -0.39 is 9.05 Å². The monoisotopic (exact) mass is 371 g/mol. The predicted octanol–water partition coefficient (Wildman–Crippen LogP) is -3.80. The van der Waals surface area contributed by atoms with Gasteiger partial charge in [0.25, 0.3) is 0 Å². The van der Waals surface area contributed by atoms with E-state index in [1.54, 1.807) is 0 Å². The van der Waals surface area contributed by atoms with E-state index >= 15 is 0 Å². The largest absolute Gasteiger partial charge is 0 e. The summed E-state index contributed by atoms with van der Waals surface area (Å²) in [4.78, 5) is 29.3. The molecule has 0 rings (SSSR count). The summed E-state index contributed by atoms with van der Waals surface area (Å²) in [5.41, 5.74) is 0. The van der Waals surface area contributed by atoms with Crippen molar-refractivity contribution in [2.45, 2.75) is 0 Å². The molecule has 4 nitrogen and oxygen atoms in total. The van der Waals surface area contributed by atoms with Crippen molar-refractivity contribution in [3.05, 3.63) is 0 Å². The third kappa shape index (κ3) is 104. The van der Waals surface area contributed by atoms with Crippen molar-refractivity contribution in [3.63, 3.8) is 0 Å². The Morgan fingerprint density at radius 2 is 0.857 bits per heavy atom. The van der Waals surface area contributed by atoms with Crippen molar-refractivity contribution in [1.29, 1.82) is 0 Å². The van der Waals surface area contributed by atoms with E-state index in [1.807, 2.05) is 0 Å². The molecule has 0 aliphatic carbocycles. The van der Waals surface area contributed by atoms with Gasteiger partial charge in [-0.25, -0.2) is 0 Å². The van der Waals surface area contributed by atoms with Crippen molar-refractivity contribution in [2.75, 3.05) is 0 Å². The van der Waals surface area contributed by atoms with Crippen molar-refractivity contribution in [1.82, 2.24) is 0 Å². The van der Waals surface area contributed by atoms with Gasteiger partial charge in [-0.2, -0.15) is 0 Å². The van der Waals surface area contributed by atoms with Crippen molar-refractivity contribution < 1.29 is 36.3 Å². The minimum absolute atomic E-state index is 0. The van der Waals surface area contributed by atoms with Crippen LogP contribution in [0.1, 0.15) is 0 Å².